The number of benzene rings is 6. The van der Waals surface area contributed by atoms with Gasteiger partial charge in [-0.3, -0.25) is 4.98 Å². The molecule has 0 fully saturated rings. The number of hydrogen-bond donors (Lipinski definition) is 1. The molecule has 0 saturated heterocycles. The summed E-state index contributed by atoms with van der Waals surface area (Å²) in [5.41, 5.74) is 5.94. The Morgan fingerprint density at radius 3 is 1.96 bits per heavy atom. The second-order valence-electron chi connectivity index (χ2n) is 11.9. The predicted molar refractivity (Wildman–Crippen MR) is 197 cm³/mol. The van der Waals surface area contributed by atoms with E-state index in [1.165, 1.54) is 52.5 Å². The number of aromatic nitrogens is 2. The van der Waals surface area contributed by atoms with Crippen LogP contribution in [0.25, 0.3) is 74.6 Å². The van der Waals surface area contributed by atoms with E-state index < -0.39 is 5.97 Å². The van der Waals surface area contributed by atoms with Crippen LogP contribution in [0.15, 0.2) is 115 Å². The van der Waals surface area contributed by atoms with E-state index in [2.05, 4.69) is 114 Å². The monoisotopic (exact) mass is 818 g/mol. The molecule has 0 bridgehead atoms. The largest absolute Gasteiger partial charge is 0.477 e. The molecule has 9 rings (SSSR count). The summed E-state index contributed by atoms with van der Waals surface area (Å²) < 4.78 is 2.57. The zero-order valence-electron chi connectivity index (χ0n) is 26.5. The van der Waals surface area contributed by atoms with Crippen LogP contribution in [0.4, 0.5) is 0 Å². The van der Waals surface area contributed by atoms with E-state index in [4.69, 9.17) is 10.1 Å². The predicted octanol–water partition coefficient (Wildman–Crippen LogP) is 11.2. The van der Waals surface area contributed by atoms with E-state index in [1.807, 2.05) is 31.3 Å². The molecule has 0 unspecified atom stereocenters. The Labute approximate surface area is 295 Å². The first-order valence-electron chi connectivity index (χ1n) is 15.5. The summed E-state index contributed by atoms with van der Waals surface area (Å²) in [4.78, 5) is 19.4. The van der Waals surface area contributed by atoms with E-state index >= 15 is 0 Å². The van der Waals surface area contributed by atoms with Crippen LogP contribution in [0.1, 0.15) is 27.2 Å². The first-order chi connectivity index (χ1) is 22.9. The van der Waals surface area contributed by atoms with Gasteiger partial charge in [-0.25, -0.2) is 9.78 Å². The minimum absolute atomic E-state index is 0. The van der Waals surface area contributed by atoms with Gasteiger partial charge < -0.3 is 5.11 Å². The zero-order chi connectivity index (χ0) is 32.2. The summed E-state index contributed by atoms with van der Waals surface area (Å²) >= 11 is 1.85. The molecule has 3 aromatic heterocycles. The smallest absolute Gasteiger partial charge is 0.354 e. The van der Waals surface area contributed by atoms with Crippen molar-refractivity contribution < 1.29 is 30.0 Å². The molecule has 0 aliphatic carbocycles. The number of thiophene rings is 1. The molecule has 3 heterocycles. The topological polar surface area (TPSA) is 63.1 Å². The molecule has 0 amide bonds. The number of pyridine rings is 2. The Hall–Kier alpha value is -5.00. The quantitative estimate of drug-likeness (QED) is 0.139. The Balaban J connectivity index is 0.000000241. The second kappa shape index (κ2) is 12.6. The summed E-state index contributed by atoms with van der Waals surface area (Å²) in [7, 11) is 0. The number of fused-ring (bicyclic) bond motifs is 10. The number of carboxylic acid groups (broad SMARTS) is 1. The molecule has 0 spiro atoms. The molecule has 235 valence electrons. The number of rotatable bonds is 2. The zero-order valence-corrected chi connectivity index (χ0v) is 29.7. The van der Waals surface area contributed by atoms with Gasteiger partial charge in [0.2, 0.25) is 0 Å². The molecule has 9 aromatic rings. The van der Waals surface area contributed by atoms with Crippen molar-refractivity contribution in [2.45, 2.75) is 20.8 Å². The van der Waals surface area contributed by atoms with Crippen molar-refractivity contribution in [2.75, 3.05) is 0 Å². The van der Waals surface area contributed by atoms with E-state index in [9.17, 15) is 4.79 Å². The van der Waals surface area contributed by atoms with Gasteiger partial charge >= 0.3 is 5.97 Å². The number of carboxylic acids is 1. The van der Waals surface area contributed by atoms with Gasteiger partial charge in [0.05, 0.1) is 5.52 Å². The minimum atomic E-state index is -0.962. The van der Waals surface area contributed by atoms with Crippen molar-refractivity contribution in [3.05, 3.63) is 144 Å². The molecule has 48 heavy (non-hydrogen) atoms. The van der Waals surface area contributed by atoms with Crippen molar-refractivity contribution >= 4 is 80.7 Å². The van der Waals surface area contributed by atoms with Crippen molar-refractivity contribution in [3.63, 3.8) is 0 Å². The maximum Gasteiger partial charge on any atom is 0.354 e. The summed E-state index contributed by atoms with van der Waals surface area (Å²) in [6.07, 6.45) is 1.59. The Morgan fingerprint density at radius 1 is 0.667 bits per heavy atom. The Morgan fingerprint density at radius 2 is 1.27 bits per heavy atom. The summed E-state index contributed by atoms with van der Waals surface area (Å²) in [5.74, 6) is -0.962. The number of aromatic carboxylic acids is 1. The van der Waals surface area contributed by atoms with Gasteiger partial charge in [0.25, 0.3) is 0 Å². The molecule has 6 heteroatoms. The second-order valence-corrected chi connectivity index (χ2v) is 13.0. The fraction of sp³-hybridized carbons (Fsp3) is 0.0714. The average molecular weight is 818 g/mol. The van der Waals surface area contributed by atoms with Crippen molar-refractivity contribution in [1.29, 1.82) is 0 Å². The first kappa shape index (κ1) is 31.6. The van der Waals surface area contributed by atoms with Crippen LogP contribution >= 0.6 is 11.3 Å². The number of aryl methyl sites for hydroxylation is 1. The maximum absolute atomic E-state index is 10.6. The number of hydrogen-bond acceptors (Lipinski definition) is 4. The molecular weight excluding hydrogens is 789 g/mol. The van der Waals surface area contributed by atoms with Crippen LogP contribution in [0.2, 0.25) is 0 Å². The normalized spacial score (nSPS) is 11.2. The number of carbonyl (C=O) groups is 1. The van der Waals surface area contributed by atoms with Crippen LogP contribution in [0.5, 0.6) is 0 Å². The van der Waals surface area contributed by atoms with E-state index in [-0.39, 0.29) is 25.8 Å². The molecule has 0 aliphatic rings. The minimum Gasteiger partial charge on any atom is -0.477 e. The van der Waals surface area contributed by atoms with Crippen LogP contribution in [-0.2, 0) is 20.1 Å². The van der Waals surface area contributed by atoms with Crippen LogP contribution in [0.3, 0.4) is 0 Å². The van der Waals surface area contributed by atoms with E-state index in [0.717, 1.165) is 38.9 Å². The Bertz CT molecular complexity index is 2720. The van der Waals surface area contributed by atoms with Gasteiger partial charge in [0.1, 0.15) is 0 Å². The molecule has 0 saturated carbocycles. The van der Waals surface area contributed by atoms with Gasteiger partial charge in [-0.1, -0.05) is 84.2 Å². The molecule has 0 aliphatic heterocycles. The molecule has 1 radical (unpaired) electrons. The van der Waals surface area contributed by atoms with Gasteiger partial charge in [0, 0.05) is 31.0 Å². The Kier molecular flexibility index (Phi) is 8.26. The molecular formula is C42H29IrN2O2S-. The average Bonchev–Trinajstić information content (AvgIpc) is 3.47. The third-order valence-electron chi connectivity index (χ3n) is 9.24. The number of nitrogens with zero attached hydrogens (tertiary/aromatic N) is 2. The third kappa shape index (κ3) is 5.32. The maximum atomic E-state index is 10.6. The van der Waals surface area contributed by atoms with Crippen molar-refractivity contribution in [1.82, 2.24) is 9.97 Å². The van der Waals surface area contributed by atoms with E-state index in [0.29, 0.717) is 0 Å². The summed E-state index contributed by atoms with van der Waals surface area (Å²) in [5, 5.41) is 20.3. The summed E-state index contributed by atoms with van der Waals surface area (Å²) in [6.45, 7) is 5.60. The molecule has 1 N–H and O–H groups in total. The van der Waals surface area contributed by atoms with Crippen LogP contribution in [0, 0.1) is 26.8 Å². The SMILES string of the molecule is Cc1cnc(C(=O)O)c(C)c1C.[Ir].[c-]1cc2sc3cc4c5ccccc5c5ccccc5c4cc3c2cc1-c1ccc2ccccc2n1. The first-order valence-corrected chi connectivity index (χ1v) is 16.3. The van der Waals surface area contributed by atoms with Gasteiger partial charge in [-0.15, -0.1) is 23.8 Å². The standard InChI is InChI=1S/C33H18NS.C9H11NO2.Ir/c1-6-12-30-20(7-1)13-15-31(34-30)21-14-16-32-28(17-21)29-18-26-24-10-4-2-8-22(24)23-9-3-5-11-25(23)27(26)19-33(29)35-32;1-5-4-10-8(9(11)12)7(3)6(5)2;/h1-13,15-19H;4H,1-3H3,(H,11,12);/q-1;;. The van der Waals surface area contributed by atoms with Gasteiger partial charge in [-0.2, -0.15) is 11.3 Å². The fourth-order valence-electron chi connectivity index (χ4n) is 6.53. The molecule has 0 atom stereocenters. The molecule has 4 nitrogen and oxygen atoms in total. The van der Waals surface area contributed by atoms with Crippen molar-refractivity contribution in [3.8, 4) is 11.3 Å². The van der Waals surface area contributed by atoms with Crippen LogP contribution < -0.4 is 0 Å². The van der Waals surface area contributed by atoms with Crippen molar-refractivity contribution in [2.24, 2.45) is 0 Å². The van der Waals surface area contributed by atoms with Gasteiger partial charge in [-0.05, 0) is 109 Å². The summed E-state index contributed by atoms with van der Waals surface area (Å²) in [6, 6.07) is 42.7. The van der Waals surface area contributed by atoms with Crippen LogP contribution in [-0.4, -0.2) is 21.0 Å². The van der Waals surface area contributed by atoms with Gasteiger partial charge in [0.15, 0.2) is 5.69 Å². The third-order valence-corrected chi connectivity index (χ3v) is 10.4. The number of para-hydroxylation sites is 1. The fourth-order valence-corrected chi connectivity index (χ4v) is 7.61. The van der Waals surface area contributed by atoms with E-state index in [1.54, 1.807) is 13.1 Å². The molecule has 6 aromatic carbocycles.